The van der Waals surface area contributed by atoms with Crippen molar-refractivity contribution in [3.8, 4) is 0 Å². The Bertz CT molecular complexity index is 135. The van der Waals surface area contributed by atoms with E-state index in [1.807, 2.05) is 6.92 Å². The summed E-state index contributed by atoms with van der Waals surface area (Å²) in [7, 11) is 0. The molecule has 0 amide bonds. The van der Waals surface area contributed by atoms with Gasteiger partial charge in [0.2, 0.25) is 0 Å². The van der Waals surface area contributed by atoms with Crippen molar-refractivity contribution in [2.24, 2.45) is 0 Å². The van der Waals surface area contributed by atoms with E-state index >= 15 is 0 Å². The van der Waals surface area contributed by atoms with Crippen molar-refractivity contribution >= 4 is 0 Å². The van der Waals surface area contributed by atoms with Crippen LogP contribution >= 0.6 is 0 Å². The van der Waals surface area contributed by atoms with Crippen molar-refractivity contribution in [1.29, 1.82) is 0 Å². The number of hydrogen-bond donors (Lipinski definition) is 1. The van der Waals surface area contributed by atoms with E-state index in [0.717, 1.165) is 32.8 Å². The van der Waals surface area contributed by atoms with Crippen molar-refractivity contribution in [2.45, 2.75) is 45.3 Å². The summed E-state index contributed by atoms with van der Waals surface area (Å²) in [4.78, 5) is 0. The summed E-state index contributed by atoms with van der Waals surface area (Å²) in [5.41, 5.74) is 0. The zero-order valence-electron chi connectivity index (χ0n) is 9.42. The highest BCUT2D eigenvalue weighted by Gasteiger charge is 2.17. The zero-order valence-corrected chi connectivity index (χ0v) is 9.42. The lowest BCUT2D eigenvalue weighted by Gasteiger charge is -2.17. The lowest BCUT2D eigenvalue weighted by Crippen LogP contribution is -2.32. The fourth-order valence-electron chi connectivity index (χ4n) is 1.83. The Kier molecular flexibility index (Phi) is 6.15. The highest BCUT2D eigenvalue weighted by Crippen LogP contribution is 2.16. The molecule has 0 bridgehead atoms. The molecule has 0 spiro atoms. The van der Waals surface area contributed by atoms with Crippen molar-refractivity contribution < 1.29 is 9.47 Å². The lowest BCUT2D eigenvalue weighted by atomic mass is 10.1. The first kappa shape index (κ1) is 12.0. The average Bonchev–Trinajstić information content (AvgIpc) is 2.65. The molecule has 14 heavy (non-hydrogen) atoms. The van der Waals surface area contributed by atoms with Crippen LogP contribution in [0.5, 0.6) is 0 Å². The van der Waals surface area contributed by atoms with Gasteiger partial charge in [0, 0.05) is 25.8 Å². The van der Waals surface area contributed by atoms with E-state index in [2.05, 4.69) is 12.2 Å². The van der Waals surface area contributed by atoms with Crippen LogP contribution in [0.2, 0.25) is 0 Å². The van der Waals surface area contributed by atoms with Crippen LogP contribution < -0.4 is 5.32 Å². The first-order valence-corrected chi connectivity index (χ1v) is 5.75. The molecule has 84 valence electrons. The van der Waals surface area contributed by atoms with Crippen molar-refractivity contribution in [1.82, 2.24) is 5.32 Å². The van der Waals surface area contributed by atoms with Gasteiger partial charge in [0.1, 0.15) is 0 Å². The standard InChI is InChI=1S/C11H23NO2/c1-3-13-8-6-12-10(2)9-11-5-4-7-14-11/h10-12H,3-9H2,1-2H3. The quantitative estimate of drug-likeness (QED) is 0.634. The number of hydrogen-bond acceptors (Lipinski definition) is 3. The predicted octanol–water partition coefficient (Wildman–Crippen LogP) is 1.57. The van der Waals surface area contributed by atoms with Crippen molar-refractivity contribution in [3.63, 3.8) is 0 Å². The van der Waals surface area contributed by atoms with Crippen LogP contribution in [0.25, 0.3) is 0 Å². The van der Waals surface area contributed by atoms with E-state index in [1.165, 1.54) is 12.8 Å². The molecule has 3 heteroatoms. The molecule has 0 aromatic carbocycles. The third-order valence-corrected chi connectivity index (χ3v) is 2.58. The van der Waals surface area contributed by atoms with Crippen LogP contribution in [0.1, 0.15) is 33.1 Å². The molecule has 2 atom stereocenters. The maximum atomic E-state index is 5.58. The predicted molar refractivity (Wildman–Crippen MR) is 57.5 cm³/mol. The third-order valence-electron chi connectivity index (χ3n) is 2.58. The van der Waals surface area contributed by atoms with Gasteiger partial charge < -0.3 is 14.8 Å². The largest absolute Gasteiger partial charge is 0.380 e. The Morgan fingerprint density at radius 1 is 1.57 bits per heavy atom. The second kappa shape index (κ2) is 7.21. The lowest BCUT2D eigenvalue weighted by molar-refractivity contribution is 0.0937. The fourth-order valence-corrected chi connectivity index (χ4v) is 1.83. The molecular weight excluding hydrogens is 178 g/mol. The Hall–Kier alpha value is -0.120. The van der Waals surface area contributed by atoms with Crippen molar-refractivity contribution in [3.05, 3.63) is 0 Å². The molecule has 1 aliphatic rings. The third kappa shape index (κ3) is 4.94. The van der Waals surface area contributed by atoms with Crippen LogP contribution in [0.3, 0.4) is 0 Å². The number of rotatable bonds is 7. The van der Waals surface area contributed by atoms with Gasteiger partial charge in [-0.3, -0.25) is 0 Å². The molecule has 1 saturated heterocycles. The molecule has 2 unspecified atom stereocenters. The Morgan fingerprint density at radius 2 is 2.43 bits per heavy atom. The van der Waals surface area contributed by atoms with E-state index in [-0.39, 0.29) is 0 Å². The number of ether oxygens (including phenoxy) is 2. The molecular formula is C11H23NO2. The van der Waals surface area contributed by atoms with Crippen LogP contribution in [0, 0.1) is 0 Å². The summed E-state index contributed by atoms with van der Waals surface area (Å²) >= 11 is 0. The van der Waals surface area contributed by atoms with Crippen LogP contribution in [0.15, 0.2) is 0 Å². The summed E-state index contributed by atoms with van der Waals surface area (Å²) in [5.74, 6) is 0. The Balaban J connectivity index is 1.95. The smallest absolute Gasteiger partial charge is 0.0590 e. The van der Waals surface area contributed by atoms with E-state index in [9.17, 15) is 0 Å². The highest BCUT2D eigenvalue weighted by molar-refractivity contribution is 4.71. The second-order valence-electron chi connectivity index (χ2n) is 3.92. The summed E-state index contributed by atoms with van der Waals surface area (Å²) in [5, 5.41) is 3.44. The van der Waals surface area contributed by atoms with Gasteiger partial charge in [-0.2, -0.15) is 0 Å². The van der Waals surface area contributed by atoms with Crippen LogP contribution in [-0.4, -0.2) is 38.5 Å². The molecule has 0 saturated carbocycles. The molecule has 1 heterocycles. The topological polar surface area (TPSA) is 30.5 Å². The second-order valence-corrected chi connectivity index (χ2v) is 3.92. The van der Waals surface area contributed by atoms with Crippen LogP contribution in [-0.2, 0) is 9.47 Å². The molecule has 3 nitrogen and oxygen atoms in total. The van der Waals surface area contributed by atoms with Gasteiger partial charge in [-0.15, -0.1) is 0 Å². The van der Waals surface area contributed by atoms with Gasteiger partial charge in [0.05, 0.1) is 12.7 Å². The Morgan fingerprint density at radius 3 is 3.07 bits per heavy atom. The molecule has 0 aromatic rings. The molecule has 1 rings (SSSR count). The fraction of sp³-hybridized carbons (Fsp3) is 1.00. The summed E-state index contributed by atoms with van der Waals surface area (Å²) < 4.78 is 10.8. The van der Waals surface area contributed by atoms with Gasteiger partial charge >= 0.3 is 0 Å². The minimum atomic E-state index is 0.490. The SMILES string of the molecule is CCOCCNC(C)CC1CCCO1. The monoisotopic (exact) mass is 201 g/mol. The summed E-state index contributed by atoms with van der Waals surface area (Å²) in [6.07, 6.45) is 4.09. The molecule has 1 aliphatic heterocycles. The van der Waals surface area contributed by atoms with Gasteiger partial charge in [-0.1, -0.05) is 0 Å². The first-order chi connectivity index (χ1) is 6.83. The van der Waals surface area contributed by atoms with Gasteiger partial charge in [0.25, 0.3) is 0 Å². The van der Waals surface area contributed by atoms with Gasteiger partial charge in [-0.05, 0) is 33.1 Å². The molecule has 0 aromatic heterocycles. The molecule has 0 aliphatic carbocycles. The van der Waals surface area contributed by atoms with E-state index < -0.39 is 0 Å². The molecule has 1 N–H and O–H groups in total. The zero-order chi connectivity index (χ0) is 10.2. The van der Waals surface area contributed by atoms with E-state index in [0.29, 0.717) is 12.1 Å². The van der Waals surface area contributed by atoms with Gasteiger partial charge in [-0.25, -0.2) is 0 Å². The highest BCUT2D eigenvalue weighted by atomic mass is 16.5. The molecule has 1 fully saturated rings. The maximum absolute atomic E-state index is 5.58. The summed E-state index contributed by atoms with van der Waals surface area (Å²) in [6, 6.07) is 0.540. The van der Waals surface area contributed by atoms with E-state index in [1.54, 1.807) is 0 Å². The average molecular weight is 201 g/mol. The summed E-state index contributed by atoms with van der Waals surface area (Å²) in [6.45, 7) is 7.76. The minimum Gasteiger partial charge on any atom is -0.380 e. The van der Waals surface area contributed by atoms with E-state index in [4.69, 9.17) is 9.47 Å². The minimum absolute atomic E-state index is 0.490. The van der Waals surface area contributed by atoms with Gasteiger partial charge in [0.15, 0.2) is 0 Å². The van der Waals surface area contributed by atoms with Crippen molar-refractivity contribution in [2.75, 3.05) is 26.4 Å². The Labute approximate surface area is 87.2 Å². The normalized spacial score (nSPS) is 24.0. The molecule has 0 radical (unpaired) electrons. The number of nitrogens with one attached hydrogen (secondary N) is 1. The first-order valence-electron chi connectivity index (χ1n) is 5.75. The van der Waals surface area contributed by atoms with Crippen LogP contribution in [0.4, 0.5) is 0 Å². The maximum Gasteiger partial charge on any atom is 0.0590 e.